The molecule has 3 aromatic carbocycles. The topological polar surface area (TPSA) is 76.0 Å². The summed E-state index contributed by atoms with van der Waals surface area (Å²) in [4.78, 5) is 24.8. The molecule has 0 saturated heterocycles. The van der Waals surface area contributed by atoms with Gasteiger partial charge < -0.3 is 10.6 Å². The summed E-state index contributed by atoms with van der Waals surface area (Å²) in [5.41, 5.74) is 2.27. The lowest BCUT2D eigenvalue weighted by Gasteiger charge is -2.09. The Balaban J connectivity index is 1.43. The van der Waals surface area contributed by atoms with Gasteiger partial charge in [0.05, 0.1) is 11.6 Å². The third-order valence-electron chi connectivity index (χ3n) is 4.29. The van der Waals surface area contributed by atoms with Crippen LogP contribution in [0, 0.1) is 0 Å². The first-order chi connectivity index (χ1) is 13.7. The van der Waals surface area contributed by atoms with Crippen LogP contribution in [0.3, 0.4) is 0 Å². The fourth-order valence-corrected chi connectivity index (χ4v) is 2.90. The molecular weight excluding hydrogens is 352 g/mol. The maximum absolute atomic E-state index is 12.4. The lowest BCUT2D eigenvalue weighted by molar-refractivity contribution is -0.117. The van der Waals surface area contributed by atoms with Gasteiger partial charge in [-0.05, 0) is 42.5 Å². The second kappa shape index (κ2) is 7.75. The number of aromatic nitrogens is 2. The van der Waals surface area contributed by atoms with Gasteiger partial charge in [-0.1, -0.05) is 36.4 Å². The minimum absolute atomic E-state index is 0.145. The summed E-state index contributed by atoms with van der Waals surface area (Å²) >= 11 is 0. The van der Waals surface area contributed by atoms with Gasteiger partial charge in [-0.25, -0.2) is 4.68 Å². The molecule has 0 fully saturated rings. The van der Waals surface area contributed by atoms with Gasteiger partial charge in [0.25, 0.3) is 5.56 Å². The molecule has 0 radical (unpaired) electrons. The molecule has 1 heterocycles. The van der Waals surface area contributed by atoms with E-state index in [9.17, 15) is 9.59 Å². The summed E-state index contributed by atoms with van der Waals surface area (Å²) in [6.45, 7) is -0.145. The van der Waals surface area contributed by atoms with Crippen LogP contribution in [0.1, 0.15) is 0 Å². The number of carbonyl (C=O) groups excluding carboxylic acids is 1. The molecule has 0 aliphatic carbocycles. The molecule has 6 nitrogen and oxygen atoms in total. The van der Waals surface area contributed by atoms with Crippen LogP contribution in [0.4, 0.5) is 17.1 Å². The van der Waals surface area contributed by atoms with Crippen LogP contribution >= 0.6 is 0 Å². The maximum atomic E-state index is 12.4. The number of carbonyl (C=O) groups is 1. The van der Waals surface area contributed by atoms with Crippen molar-refractivity contribution < 1.29 is 4.79 Å². The van der Waals surface area contributed by atoms with Gasteiger partial charge in [-0.15, -0.1) is 0 Å². The van der Waals surface area contributed by atoms with Crippen molar-refractivity contribution in [3.63, 3.8) is 0 Å². The molecule has 0 bridgehead atoms. The average molecular weight is 370 g/mol. The minimum atomic E-state index is -0.311. The second-order valence-corrected chi connectivity index (χ2v) is 6.31. The van der Waals surface area contributed by atoms with E-state index in [1.807, 2.05) is 54.6 Å². The number of amides is 1. The Morgan fingerprint density at radius 2 is 1.46 bits per heavy atom. The number of anilines is 3. The highest BCUT2D eigenvalue weighted by atomic mass is 16.2. The molecule has 4 aromatic rings. The van der Waals surface area contributed by atoms with Gasteiger partial charge in [0.1, 0.15) is 6.54 Å². The molecule has 1 aromatic heterocycles. The van der Waals surface area contributed by atoms with Crippen LogP contribution in [0.25, 0.3) is 10.8 Å². The largest absolute Gasteiger partial charge is 0.356 e. The smallest absolute Gasteiger partial charge is 0.275 e. The number of nitrogens with one attached hydrogen (secondary N) is 2. The van der Waals surface area contributed by atoms with E-state index in [2.05, 4.69) is 15.7 Å². The molecule has 0 saturated carbocycles. The summed E-state index contributed by atoms with van der Waals surface area (Å²) < 4.78 is 1.17. The van der Waals surface area contributed by atoms with E-state index >= 15 is 0 Å². The summed E-state index contributed by atoms with van der Waals surface area (Å²) in [7, 11) is 0. The van der Waals surface area contributed by atoms with E-state index in [4.69, 9.17) is 0 Å². The van der Waals surface area contributed by atoms with E-state index < -0.39 is 0 Å². The molecule has 0 unspecified atom stereocenters. The predicted molar refractivity (Wildman–Crippen MR) is 111 cm³/mol. The molecular formula is C22H18N4O2. The number of hydrogen-bond acceptors (Lipinski definition) is 4. The SMILES string of the molecule is O=C(Cn1ncc2ccccc2c1=O)Nc1ccc(Nc2ccccc2)cc1. The highest BCUT2D eigenvalue weighted by Crippen LogP contribution is 2.18. The Bertz CT molecular complexity index is 1170. The zero-order valence-corrected chi connectivity index (χ0v) is 15.0. The normalized spacial score (nSPS) is 10.6. The van der Waals surface area contributed by atoms with Crippen LogP contribution < -0.4 is 16.2 Å². The lowest BCUT2D eigenvalue weighted by atomic mass is 10.2. The first-order valence-electron chi connectivity index (χ1n) is 8.86. The molecule has 2 N–H and O–H groups in total. The molecule has 138 valence electrons. The average Bonchev–Trinajstić information content (AvgIpc) is 2.72. The Hall–Kier alpha value is -3.93. The van der Waals surface area contributed by atoms with Crippen molar-refractivity contribution in [1.82, 2.24) is 9.78 Å². The summed E-state index contributed by atoms with van der Waals surface area (Å²) in [6.07, 6.45) is 1.59. The molecule has 0 atom stereocenters. The van der Waals surface area contributed by atoms with Crippen LogP contribution in [0.2, 0.25) is 0 Å². The number of rotatable bonds is 5. The zero-order chi connectivity index (χ0) is 19.3. The van der Waals surface area contributed by atoms with Crippen LogP contribution in [0.15, 0.2) is 89.9 Å². The van der Waals surface area contributed by atoms with Crippen molar-refractivity contribution in [2.75, 3.05) is 10.6 Å². The first kappa shape index (κ1) is 17.5. The van der Waals surface area contributed by atoms with E-state index in [1.54, 1.807) is 30.5 Å². The third-order valence-corrected chi connectivity index (χ3v) is 4.29. The molecule has 4 rings (SSSR count). The van der Waals surface area contributed by atoms with Crippen LogP contribution in [-0.2, 0) is 11.3 Å². The molecule has 6 heteroatoms. The molecule has 0 aliphatic heterocycles. The Morgan fingerprint density at radius 1 is 0.821 bits per heavy atom. The second-order valence-electron chi connectivity index (χ2n) is 6.31. The molecule has 28 heavy (non-hydrogen) atoms. The van der Waals surface area contributed by atoms with Crippen molar-refractivity contribution in [2.24, 2.45) is 0 Å². The molecule has 0 spiro atoms. The Labute approximate surface area is 161 Å². The van der Waals surface area contributed by atoms with Gasteiger partial charge >= 0.3 is 0 Å². The monoisotopic (exact) mass is 370 g/mol. The van der Waals surface area contributed by atoms with E-state index in [0.717, 1.165) is 16.8 Å². The van der Waals surface area contributed by atoms with Gasteiger partial charge in [0.15, 0.2) is 0 Å². The van der Waals surface area contributed by atoms with Crippen molar-refractivity contribution in [3.8, 4) is 0 Å². The fraction of sp³-hybridized carbons (Fsp3) is 0.0455. The van der Waals surface area contributed by atoms with Gasteiger partial charge in [-0.3, -0.25) is 9.59 Å². The number of nitrogens with zero attached hydrogens (tertiary/aromatic N) is 2. The zero-order valence-electron chi connectivity index (χ0n) is 15.0. The Morgan fingerprint density at radius 3 is 2.25 bits per heavy atom. The van der Waals surface area contributed by atoms with Gasteiger partial charge in [0.2, 0.25) is 5.91 Å². The first-order valence-corrected chi connectivity index (χ1v) is 8.86. The van der Waals surface area contributed by atoms with Crippen molar-refractivity contribution in [2.45, 2.75) is 6.54 Å². The quantitative estimate of drug-likeness (QED) is 0.561. The summed E-state index contributed by atoms with van der Waals surface area (Å²) in [5.74, 6) is -0.311. The predicted octanol–water partition coefficient (Wildman–Crippen LogP) is 3.78. The highest BCUT2D eigenvalue weighted by molar-refractivity contribution is 5.91. The van der Waals surface area contributed by atoms with E-state index in [-0.39, 0.29) is 18.0 Å². The number of fused-ring (bicyclic) bond motifs is 1. The van der Waals surface area contributed by atoms with Crippen molar-refractivity contribution in [1.29, 1.82) is 0 Å². The summed E-state index contributed by atoms with van der Waals surface area (Å²) in [6, 6.07) is 24.4. The Kier molecular flexibility index (Phi) is 4.84. The maximum Gasteiger partial charge on any atom is 0.275 e. The number of para-hydroxylation sites is 1. The fourth-order valence-electron chi connectivity index (χ4n) is 2.90. The van der Waals surface area contributed by atoms with Crippen molar-refractivity contribution >= 4 is 33.7 Å². The minimum Gasteiger partial charge on any atom is -0.356 e. The van der Waals surface area contributed by atoms with Gasteiger partial charge in [-0.2, -0.15) is 5.10 Å². The molecule has 0 aliphatic rings. The highest BCUT2D eigenvalue weighted by Gasteiger charge is 2.09. The standard InChI is InChI=1S/C22H18N4O2/c27-21(15-26-22(28)20-9-5-4-6-16(20)14-23-26)25-19-12-10-18(11-13-19)24-17-7-2-1-3-8-17/h1-14,24H,15H2,(H,25,27). The van der Waals surface area contributed by atoms with E-state index in [1.165, 1.54) is 4.68 Å². The lowest BCUT2D eigenvalue weighted by Crippen LogP contribution is -2.29. The van der Waals surface area contributed by atoms with E-state index in [0.29, 0.717) is 11.1 Å². The molecule has 1 amide bonds. The number of benzene rings is 3. The van der Waals surface area contributed by atoms with Crippen molar-refractivity contribution in [3.05, 3.63) is 95.4 Å². The number of hydrogen-bond donors (Lipinski definition) is 2. The third kappa shape index (κ3) is 3.91. The van der Waals surface area contributed by atoms with Crippen LogP contribution in [-0.4, -0.2) is 15.7 Å². The van der Waals surface area contributed by atoms with Crippen LogP contribution in [0.5, 0.6) is 0 Å². The van der Waals surface area contributed by atoms with Gasteiger partial charge in [0, 0.05) is 22.4 Å². The summed E-state index contributed by atoms with van der Waals surface area (Å²) in [5, 5.41) is 11.5.